The first-order valence-corrected chi connectivity index (χ1v) is 7.08. The summed E-state index contributed by atoms with van der Waals surface area (Å²) < 4.78 is 11.5. The highest BCUT2D eigenvalue weighted by molar-refractivity contribution is 5.40. The summed E-state index contributed by atoms with van der Waals surface area (Å²) in [6, 6.07) is 2.10. The molecule has 0 saturated carbocycles. The first kappa shape index (κ1) is 12.8. The molecule has 104 valence electrons. The van der Waals surface area contributed by atoms with Gasteiger partial charge in [0.05, 0.1) is 13.2 Å². The molecule has 0 aliphatic carbocycles. The summed E-state index contributed by atoms with van der Waals surface area (Å²) in [6.07, 6.45) is 2.77. The molecule has 0 N–H and O–H groups in total. The van der Waals surface area contributed by atoms with E-state index in [2.05, 4.69) is 27.9 Å². The zero-order valence-corrected chi connectivity index (χ0v) is 11.7. The van der Waals surface area contributed by atoms with Crippen LogP contribution >= 0.6 is 0 Å². The summed E-state index contributed by atoms with van der Waals surface area (Å²) in [5.74, 6) is 1.58. The van der Waals surface area contributed by atoms with Gasteiger partial charge in [-0.05, 0) is 13.3 Å². The van der Waals surface area contributed by atoms with Crippen molar-refractivity contribution in [1.82, 2.24) is 9.97 Å². The fraction of sp³-hybridized carbons (Fsp3) is 0.714. The Hall–Kier alpha value is -1.20. The highest BCUT2D eigenvalue weighted by Gasteiger charge is 2.40. The van der Waals surface area contributed by atoms with Crippen molar-refractivity contribution in [2.75, 3.05) is 31.2 Å². The van der Waals surface area contributed by atoms with Crippen LogP contribution in [0.15, 0.2) is 6.07 Å². The van der Waals surface area contributed by atoms with E-state index in [4.69, 9.17) is 9.47 Å². The van der Waals surface area contributed by atoms with E-state index in [1.54, 1.807) is 0 Å². The van der Waals surface area contributed by atoms with Gasteiger partial charge in [0.1, 0.15) is 11.6 Å². The molecule has 3 rings (SSSR count). The molecule has 0 unspecified atom stereocenters. The van der Waals surface area contributed by atoms with Gasteiger partial charge in [0.2, 0.25) is 0 Å². The lowest BCUT2D eigenvalue weighted by Crippen LogP contribution is -2.45. The van der Waals surface area contributed by atoms with Crippen molar-refractivity contribution in [2.24, 2.45) is 0 Å². The van der Waals surface area contributed by atoms with E-state index in [-0.39, 0.29) is 5.79 Å². The van der Waals surface area contributed by atoms with E-state index >= 15 is 0 Å². The van der Waals surface area contributed by atoms with Crippen LogP contribution in [0.2, 0.25) is 0 Å². The lowest BCUT2D eigenvalue weighted by Gasteiger charge is -2.38. The summed E-state index contributed by atoms with van der Waals surface area (Å²) >= 11 is 0. The summed E-state index contributed by atoms with van der Waals surface area (Å²) in [7, 11) is 0. The normalized spacial score (nSPS) is 22.1. The van der Waals surface area contributed by atoms with E-state index in [1.165, 1.54) is 0 Å². The third kappa shape index (κ3) is 2.58. The van der Waals surface area contributed by atoms with Gasteiger partial charge < -0.3 is 14.4 Å². The molecule has 2 aliphatic heterocycles. The molecule has 3 heterocycles. The van der Waals surface area contributed by atoms with E-state index in [1.807, 2.05) is 6.92 Å². The fourth-order valence-corrected chi connectivity index (χ4v) is 2.82. The number of nitrogens with zero attached hydrogens (tertiary/aromatic N) is 3. The van der Waals surface area contributed by atoms with Gasteiger partial charge in [-0.1, -0.05) is 6.92 Å². The Morgan fingerprint density at radius 1 is 1.21 bits per heavy atom. The maximum atomic E-state index is 5.75. The van der Waals surface area contributed by atoms with Gasteiger partial charge in [0.25, 0.3) is 0 Å². The number of rotatable bonds is 2. The molecule has 0 bridgehead atoms. The smallest absolute Gasteiger partial charge is 0.171 e. The van der Waals surface area contributed by atoms with Crippen molar-refractivity contribution >= 4 is 5.82 Å². The molecule has 1 aromatic rings. The second kappa shape index (κ2) is 5.06. The molecule has 0 aromatic carbocycles. The SMILES string of the molecule is CCc1cc(N2CCC3(CC2)OCCO3)nc(C)n1. The minimum atomic E-state index is -0.313. The minimum absolute atomic E-state index is 0.313. The van der Waals surface area contributed by atoms with Gasteiger partial charge in [-0.3, -0.25) is 0 Å². The number of piperidine rings is 1. The number of hydrogen-bond donors (Lipinski definition) is 0. The molecular formula is C14H21N3O2. The maximum Gasteiger partial charge on any atom is 0.171 e. The van der Waals surface area contributed by atoms with Crippen molar-refractivity contribution in [2.45, 2.75) is 38.9 Å². The van der Waals surface area contributed by atoms with E-state index in [0.29, 0.717) is 0 Å². The second-order valence-corrected chi connectivity index (χ2v) is 5.21. The van der Waals surface area contributed by atoms with Crippen molar-refractivity contribution in [3.05, 3.63) is 17.6 Å². The Bertz CT molecular complexity index is 448. The van der Waals surface area contributed by atoms with Crippen LogP contribution in [-0.2, 0) is 15.9 Å². The Morgan fingerprint density at radius 3 is 2.53 bits per heavy atom. The van der Waals surface area contributed by atoms with Crippen LogP contribution in [0.5, 0.6) is 0 Å². The minimum Gasteiger partial charge on any atom is -0.356 e. The average Bonchev–Trinajstić information content (AvgIpc) is 2.87. The van der Waals surface area contributed by atoms with Gasteiger partial charge in [-0.2, -0.15) is 0 Å². The quantitative estimate of drug-likeness (QED) is 0.812. The van der Waals surface area contributed by atoms with E-state index < -0.39 is 0 Å². The van der Waals surface area contributed by atoms with Crippen LogP contribution in [0.3, 0.4) is 0 Å². The molecule has 0 amide bonds. The molecule has 2 aliphatic rings. The van der Waals surface area contributed by atoms with Gasteiger partial charge in [0.15, 0.2) is 5.79 Å². The first-order valence-electron chi connectivity index (χ1n) is 7.08. The maximum absolute atomic E-state index is 5.75. The standard InChI is InChI=1S/C14H21N3O2/c1-3-12-10-13(16-11(2)15-12)17-6-4-14(5-7-17)18-8-9-19-14/h10H,3-9H2,1-2H3. The van der Waals surface area contributed by atoms with Crippen molar-refractivity contribution in [3.63, 3.8) is 0 Å². The zero-order chi connectivity index (χ0) is 13.3. The largest absolute Gasteiger partial charge is 0.356 e. The average molecular weight is 263 g/mol. The van der Waals surface area contributed by atoms with Gasteiger partial charge in [-0.25, -0.2) is 9.97 Å². The van der Waals surface area contributed by atoms with Crippen molar-refractivity contribution < 1.29 is 9.47 Å². The fourth-order valence-electron chi connectivity index (χ4n) is 2.82. The van der Waals surface area contributed by atoms with Crippen LogP contribution < -0.4 is 4.90 Å². The van der Waals surface area contributed by atoms with E-state index in [9.17, 15) is 0 Å². The molecule has 1 spiro atoms. The number of ether oxygens (including phenoxy) is 2. The lowest BCUT2D eigenvalue weighted by atomic mass is 10.0. The molecule has 0 radical (unpaired) electrons. The second-order valence-electron chi connectivity index (χ2n) is 5.21. The molecule has 2 fully saturated rings. The van der Waals surface area contributed by atoms with Crippen LogP contribution in [-0.4, -0.2) is 42.1 Å². The molecular weight excluding hydrogens is 242 g/mol. The van der Waals surface area contributed by atoms with Crippen LogP contribution in [0.4, 0.5) is 5.82 Å². The Balaban J connectivity index is 1.72. The molecule has 5 nitrogen and oxygen atoms in total. The number of aromatic nitrogens is 2. The van der Waals surface area contributed by atoms with Crippen LogP contribution in [0.25, 0.3) is 0 Å². The van der Waals surface area contributed by atoms with Crippen molar-refractivity contribution in [3.8, 4) is 0 Å². The third-order valence-corrected chi connectivity index (χ3v) is 3.90. The third-order valence-electron chi connectivity index (χ3n) is 3.90. The van der Waals surface area contributed by atoms with Gasteiger partial charge in [0, 0.05) is 37.7 Å². The molecule has 1 aromatic heterocycles. The lowest BCUT2D eigenvalue weighted by molar-refractivity contribution is -0.169. The summed E-state index contributed by atoms with van der Waals surface area (Å²) in [6.45, 7) is 7.40. The van der Waals surface area contributed by atoms with E-state index in [0.717, 1.165) is 62.9 Å². The summed E-state index contributed by atoms with van der Waals surface area (Å²) in [4.78, 5) is 11.3. The van der Waals surface area contributed by atoms with Crippen LogP contribution in [0, 0.1) is 6.92 Å². The Labute approximate surface area is 113 Å². The molecule has 5 heteroatoms. The van der Waals surface area contributed by atoms with Crippen LogP contribution in [0.1, 0.15) is 31.3 Å². The van der Waals surface area contributed by atoms with Gasteiger partial charge >= 0.3 is 0 Å². The molecule has 0 atom stereocenters. The number of aryl methyl sites for hydroxylation is 2. The van der Waals surface area contributed by atoms with Gasteiger partial charge in [-0.15, -0.1) is 0 Å². The number of hydrogen-bond acceptors (Lipinski definition) is 5. The predicted octanol–water partition coefficient (Wildman–Crippen LogP) is 1.69. The predicted molar refractivity (Wildman–Crippen MR) is 72.2 cm³/mol. The Kier molecular flexibility index (Phi) is 3.41. The Morgan fingerprint density at radius 2 is 1.89 bits per heavy atom. The molecule has 19 heavy (non-hydrogen) atoms. The van der Waals surface area contributed by atoms with Crippen molar-refractivity contribution in [1.29, 1.82) is 0 Å². The topological polar surface area (TPSA) is 47.5 Å². The highest BCUT2D eigenvalue weighted by Crippen LogP contribution is 2.32. The highest BCUT2D eigenvalue weighted by atomic mass is 16.7. The zero-order valence-electron chi connectivity index (χ0n) is 11.7. The summed E-state index contributed by atoms with van der Waals surface area (Å²) in [5.41, 5.74) is 1.11. The monoisotopic (exact) mass is 263 g/mol. The first-order chi connectivity index (χ1) is 9.21. The molecule has 2 saturated heterocycles. The number of anilines is 1. The summed E-state index contributed by atoms with van der Waals surface area (Å²) in [5, 5.41) is 0.